The Labute approximate surface area is 253 Å². The lowest BCUT2D eigenvalue weighted by Gasteiger charge is -2.30. The summed E-state index contributed by atoms with van der Waals surface area (Å²) in [5.41, 5.74) is 10.7. The zero-order valence-electron chi connectivity index (χ0n) is 25.5. The molecular weight excluding hydrogens is 540 g/mol. The quantitative estimate of drug-likeness (QED) is 0.221. The fourth-order valence-corrected chi connectivity index (χ4v) is 7.05. The number of imidazole rings is 1. The summed E-state index contributed by atoms with van der Waals surface area (Å²) in [5.74, 6) is 2.76. The predicted octanol–water partition coefficient (Wildman–Crippen LogP) is 5.26. The summed E-state index contributed by atoms with van der Waals surface area (Å²) in [6.45, 7) is 6.42. The molecule has 228 valence electrons. The predicted molar refractivity (Wildman–Crippen MR) is 168 cm³/mol. The number of nitrogens with one attached hydrogen (secondary N) is 1. The Bertz CT molecular complexity index is 1550. The van der Waals surface area contributed by atoms with Gasteiger partial charge in [0.1, 0.15) is 11.3 Å². The van der Waals surface area contributed by atoms with E-state index >= 15 is 0 Å². The van der Waals surface area contributed by atoms with Gasteiger partial charge in [-0.3, -0.25) is 19.3 Å². The Morgan fingerprint density at radius 3 is 2.47 bits per heavy atom. The van der Waals surface area contributed by atoms with E-state index in [0.717, 1.165) is 92.1 Å². The van der Waals surface area contributed by atoms with Gasteiger partial charge in [0.25, 0.3) is 11.8 Å². The van der Waals surface area contributed by atoms with Crippen LogP contribution in [0.5, 0.6) is 0 Å². The minimum absolute atomic E-state index is 0.00261. The van der Waals surface area contributed by atoms with Gasteiger partial charge >= 0.3 is 0 Å². The van der Waals surface area contributed by atoms with E-state index in [1.807, 2.05) is 0 Å². The lowest BCUT2D eigenvalue weighted by atomic mass is 9.81. The standard InChI is InChI=1S/C34H44N6O3/c1-3-4-10-27-37-31-32(25-9-7-8-24(26-19-21(26)2)30(25)38-33(31)35)39(27)18-6-5-17-36-34(43)23-13-11-22(12-14-23)20-40-28(41)15-16-29(40)42/h7-9,15-16,21-23,26H,3-6,10-14,17-20H2,1-2H3,(H2,35,38)(H,36,43)/t21?,22?,23?,26-/m0/s1. The molecule has 43 heavy (non-hydrogen) atoms. The van der Waals surface area contributed by atoms with Gasteiger partial charge in [-0.25, -0.2) is 9.97 Å². The molecule has 0 spiro atoms. The highest BCUT2D eigenvalue weighted by atomic mass is 16.2. The Hall–Kier alpha value is -3.75. The summed E-state index contributed by atoms with van der Waals surface area (Å²) >= 11 is 0. The second-order valence-electron chi connectivity index (χ2n) is 12.9. The number of para-hydroxylation sites is 1. The van der Waals surface area contributed by atoms with Crippen molar-refractivity contribution in [2.75, 3.05) is 18.8 Å². The molecule has 3 aromatic rings. The van der Waals surface area contributed by atoms with Gasteiger partial charge in [0.2, 0.25) is 5.91 Å². The SMILES string of the molecule is CCCCc1nc2c(N)nc3c([C@H]4CC4C)cccc3c2n1CCCCNC(=O)C1CCC(CN2C(=O)C=CC2=O)CC1. The number of nitrogens with zero attached hydrogens (tertiary/aromatic N) is 4. The van der Waals surface area contributed by atoms with Crippen LogP contribution < -0.4 is 11.1 Å². The number of hydrogen-bond acceptors (Lipinski definition) is 6. The van der Waals surface area contributed by atoms with Crippen molar-refractivity contribution in [2.24, 2.45) is 17.8 Å². The minimum atomic E-state index is -0.225. The Kier molecular flexibility index (Phi) is 8.50. The maximum atomic E-state index is 12.9. The van der Waals surface area contributed by atoms with Crippen LogP contribution in [0, 0.1) is 17.8 Å². The van der Waals surface area contributed by atoms with Gasteiger partial charge in [0.05, 0.1) is 11.0 Å². The molecule has 0 bridgehead atoms. The average molecular weight is 585 g/mol. The number of anilines is 1. The molecule has 6 rings (SSSR count). The number of amides is 3. The van der Waals surface area contributed by atoms with E-state index in [1.54, 1.807) is 0 Å². The number of nitrogens with two attached hydrogens (primary N) is 1. The van der Waals surface area contributed by atoms with E-state index in [-0.39, 0.29) is 29.6 Å². The van der Waals surface area contributed by atoms with E-state index < -0.39 is 0 Å². The molecule has 2 fully saturated rings. The topological polar surface area (TPSA) is 123 Å². The van der Waals surface area contributed by atoms with Crippen LogP contribution in [0.15, 0.2) is 30.4 Å². The molecule has 9 heteroatoms. The molecule has 1 unspecified atom stereocenters. The molecule has 3 N–H and O–H groups in total. The van der Waals surface area contributed by atoms with Crippen LogP contribution in [-0.2, 0) is 27.3 Å². The molecule has 2 aliphatic carbocycles. The van der Waals surface area contributed by atoms with Gasteiger partial charge in [-0.05, 0) is 74.7 Å². The molecule has 0 radical (unpaired) electrons. The Morgan fingerprint density at radius 1 is 1.02 bits per heavy atom. The first-order valence-electron chi connectivity index (χ1n) is 16.2. The number of benzene rings is 1. The highest BCUT2D eigenvalue weighted by molar-refractivity contribution is 6.13. The van der Waals surface area contributed by atoms with Gasteiger partial charge in [0, 0.05) is 49.5 Å². The average Bonchev–Trinajstić information content (AvgIpc) is 3.49. The molecule has 9 nitrogen and oxygen atoms in total. The van der Waals surface area contributed by atoms with Crippen molar-refractivity contribution in [3.05, 3.63) is 41.7 Å². The monoisotopic (exact) mass is 584 g/mol. The molecule has 3 aliphatic rings. The van der Waals surface area contributed by atoms with Crippen molar-refractivity contribution < 1.29 is 14.4 Å². The van der Waals surface area contributed by atoms with Crippen LogP contribution in [0.2, 0.25) is 0 Å². The first kappa shape index (κ1) is 29.3. The molecule has 2 aromatic heterocycles. The fraction of sp³-hybridized carbons (Fsp3) is 0.559. The van der Waals surface area contributed by atoms with Gasteiger partial charge in [-0.15, -0.1) is 0 Å². The maximum Gasteiger partial charge on any atom is 0.253 e. The summed E-state index contributed by atoms with van der Waals surface area (Å²) < 4.78 is 2.36. The Morgan fingerprint density at radius 2 is 1.77 bits per heavy atom. The van der Waals surface area contributed by atoms with E-state index in [2.05, 4.69) is 41.9 Å². The van der Waals surface area contributed by atoms with Crippen molar-refractivity contribution in [3.8, 4) is 0 Å². The number of rotatable bonds is 12. The summed E-state index contributed by atoms with van der Waals surface area (Å²) in [4.78, 5) is 47.8. The second kappa shape index (κ2) is 12.5. The van der Waals surface area contributed by atoms with E-state index in [0.29, 0.717) is 30.7 Å². The van der Waals surface area contributed by atoms with Gasteiger partial charge < -0.3 is 15.6 Å². The number of fused-ring (bicyclic) bond motifs is 3. The molecule has 3 amide bonds. The third-order valence-corrected chi connectivity index (χ3v) is 9.77. The van der Waals surface area contributed by atoms with Gasteiger partial charge in [-0.2, -0.15) is 0 Å². The summed E-state index contributed by atoms with van der Waals surface area (Å²) in [7, 11) is 0. The number of carbonyl (C=O) groups excluding carboxylic acids is 3. The fourth-order valence-electron chi connectivity index (χ4n) is 7.05. The van der Waals surface area contributed by atoms with E-state index in [1.165, 1.54) is 29.0 Å². The number of imide groups is 1. The second-order valence-corrected chi connectivity index (χ2v) is 12.9. The number of aryl methyl sites for hydroxylation is 2. The number of carbonyl (C=O) groups is 3. The molecule has 1 aromatic carbocycles. The number of hydrogen-bond donors (Lipinski definition) is 2. The normalized spacial score (nSPS) is 23.5. The zero-order chi connectivity index (χ0) is 30.1. The summed E-state index contributed by atoms with van der Waals surface area (Å²) in [6, 6.07) is 6.51. The van der Waals surface area contributed by atoms with E-state index in [4.69, 9.17) is 15.7 Å². The third-order valence-electron chi connectivity index (χ3n) is 9.77. The van der Waals surface area contributed by atoms with Crippen LogP contribution in [0.25, 0.3) is 21.9 Å². The number of nitrogen functional groups attached to an aromatic ring is 1. The highest BCUT2D eigenvalue weighted by Gasteiger charge is 2.36. The maximum absolute atomic E-state index is 12.9. The summed E-state index contributed by atoms with van der Waals surface area (Å²) in [6.07, 6.45) is 12.1. The number of pyridine rings is 1. The van der Waals surface area contributed by atoms with Crippen molar-refractivity contribution in [1.29, 1.82) is 0 Å². The smallest absolute Gasteiger partial charge is 0.253 e. The number of unbranched alkanes of at least 4 members (excludes halogenated alkanes) is 2. The minimum Gasteiger partial charge on any atom is -0.382 e. The van der Waals surface area contributed by atoms with Gasteiger partial charge in [0.15, 0.2) is 5.82 Å². The highest BCUT2D eigenvalue weighted by Crippen LogP contribution is 2.49. The first-order chi connectivity index (χ1) is 20.9. The van der Waals surface area contributed by atoms with Crippen molar-refractivity contribution in [3.63, 3.8) is 0 Å². The van der Waals surface area contributed by atoms with Crippen LogP contribution in [-0.4, -0.2) is 50.2 Å². The molecule has 2 atom stereocenters. The van der Waals surface area contributed by atoms with Crippen LogP contribution >= 0.6 is 0 Å². The van der Waals surface area contributed by atoms with Crippen molar-refractivity contribution >= 4 is 45.5 Å². The van der Waals surface area contributed by atoms with Crippen molar-refractivity contribution in [2.45, 2.75) is 90.5 Å². The largest absolute Gasteiger partial charge is 0.382 e. The van der Waals surface area contributed by atoms with Crippen molar-refractivity contribution in [1.82, 2.24) is 24.8 Å². The third kappa shape index (κ3) is 6.04. The Balaban J connectivity index is 1.06. The van der Waals surface area contributed by atoms with Gasteiger partial charge in [-0.1, -0.05) is 38.5 Å². The van der Waals surface area contributed by atoms with Crippen LogP contribution in [0.4, 0.5) is 5.82 Å². The van der Waals surface area contributed by atoms with E-state index in [9.17, 15) is 14.4 Å². The lowest BCUT2D eigenvalue weighted by Crippen LogP contribution is -2.38. The number of aromatic nitrogens is 3. The first-order valence-corrected chi connectivity index (χ1v) is 16.2. The lowest BCUT2D eigenvalue weighted by molar-refractivity contribution is -0.138. The van der Waals surface area contributed by atoms with Crippen LogP contribution in [0.1, 0.15) is 88.9 Å². The molecule has 3 heterocycles. The zero-order valence-corrected chi connectivity index (χ0v) is 25.5. The molecule has 0 saturated heterocycles. The molecule has 1 aliphatic heterocycles. The van der Waals surface area contributed by atoms with Crippen LogP contribution in [0.3, 0.4) is 0 Å². The summed E-state index contributed by atoms with van der Waals surface area (Å²) in [5, 5.41) is 4.30. The molecule has 2 saturated carbocycles. The molecular formula is C34H44N6O3.